The van der Waals surface area contributed by atoms with Crippen molar-refractivity contribution in [3.63, 3.8) is 0 Å². The second kappa shape index (κ2) is 8.47. The second-order valence-corrected chi connectivity index (χ2v) is 7.64. The third kappa shape index (κ3) is 4.09. The van der Waals surface area contributed by atoms with E-state index in [0.29, 0.717) is 11.1 Å². The number of aromatic nitrogens is 1. The van der Waals surface area contributed by atoms with E-state index in [9.17, 15) is 10.1 Å². The fourth-order valence-electron chi connectivity index (χ4n) is 4.06. The maximum Gasteiger partial charge on any atom is 0.295 e. The van der Waals surface area contributed by atoms with Gasteiger partial charge in [0.15, 0.2) is 5.52 Å². The summed E-state index contributed by atoms with van der Waals surface area (Å²) in [6, 6.07) is 17.1. The zero-order valence-corrected chi connectivity index (χ0v) is 16.9. The minimum absolute atomic E-state index is 0.0507. The average Bonchev–Trinajstić information content (AvgIpc) is 2.98. The summed E-state index contributed by atoms with van der Waals surface area (Å²) in [6.07, 6.45) is 1.01. The minimum Gasteiger partial charge on any atom is -0.370 e. The van der Waals surface area contributed by atoms with Gasteiger partial charge in [0.05, 0.1) is 16.6 Å². The zero-order chi connectivity index (χ0) is 21.1. The van der Waals surface area contributed by atoms with E-state index >= 15 is 0 Å². The molecule has 1 aromatic heterocycles. The van der Waals surface area contributed by atoms with E-state index in [0.717, 1.165) is 55.9 Å². The van der Waals surface area contributed by atoms with E-state index in [4.69, 9.17) is 5.26 Å². The van der Waals surface area contributed by atoms with Crippen LogP contribution in [-0.4, -0.2) is 41.0 Å². The number of nitro groups is 1. The Hall–Kier alpha value is -3.50. The summed E-state index contributed by atoms with van der Waals surface area (Å²) < 4.78 is 0. The number of hydrogen-bond donors (Lipinski definition) is 0. The summed E-state index contributed by atoms with van der Waals surface area (Å²) in [5, 5.41) is 21.2. The fourth-order valence-corrected chi connectivity index (χ4v) is 4.06. The Morgan fingerprint density at radius 2 is 1.93 bits per heavy atom. The molecule has 1 aliphatic rings. The van der Waals surface area contributed by atoms with Crippen molar-refractivity contribution in [1.29, 1.82) is 5.26 Å². The number of hydrogen-bond acceptors (Lipinski definition) is 6. The molecule has 4 rings (SSSR count). The first-order chi connectivity index (χ1) is 14.5. The summed E-state index contributed by atoms with van der Waals surface area (Å²) >= 11 is 0. The molecule has 2 heterocycles. The van der Waals surface area contributed by atoms with Crippen molar-refractivity contribution in [3.8, 4) is 6.07 Å². The van der Waals surface area contributed by atoms with Gasteiger partial charge in [-0.3, -0.25) is 15.0 Å². The number of aryl methyl sites for hydroxylation is 1. The molecule has 0 atom stereocenters. The Bertz CT molecular complexity index is 1120. The Labute approximate surface area is 175 Å². The van der Waals surface area contributed by atoms with Gasteiger partial charge in [-0.1, -0.05) is 24.3 Å². The van der Waals surface area contributed by atoms with Crippen LogP contribution in [0.1, 0.15) is 23.2 Å². The predicted octanol–water partition coefficient (Wildman–Crippen LogP) is 4.04. The maximum atomic E-state index is 11.5. The first-order valence-corrected chi connectivity index (χ1v) is 10.1. The third-order valence-electron chi connectivity index (χ3n) is 5.54. The highest BCUT2D eigenvalue weighted by Crippen LogP contribution is 2.32. The van der Waals surface area contributed by atoms with Crippen molar-refractivity contribution < 1.29 is 4.92 Å². The number of para-hydroxylation sites is 1. The van der Waals surface area contributed by atoms with Gasteiger partial charge in [-0.25, -0.2) is 4.98 Å². The van der Waals surface area contributed by atoms with Crippen LogP contribution in [-0.2, 0) is 6.54 Å². The van der Waals surface area contributed by atoms with Gasteiger partial charge < -0.3 is 4.90 Å². The van der Waals surface area contributed by atoms with Crippen molar-refractivity contribution in [3.05, 3.63) is 75.5 Å². The SMILES string of the molecule is Cc1cc(N2CCCN(Cc3ccc(C#N)cc3)CC2)c2cccc([N+](=O)[O-])c2n1. The lowest BCUT2D eigenvalue weighted by atomic mass is 10.1. The van der Waals surface area contributed by atoms with Gasteiger partial charge in [-0.05, 0) is 37.1 Å². The standard InChI is InChI=1S/C23H23N5O2/c1-17-14-22(20-4-2-5-21(28(29)30)23(20)25-17)27-11-3-10-26(12-13-27)16-19-8-6-18(15-24)7-9-19/h2,4-9,14H,3,10-13,16H2,1H3. The van der Waals surface area contributed by atoms with E-state index in [1.54, 1.807) is 6.07 Å². The molecule has 1 fully saturated rings. The molecular weight excluding hydrogens is 378 g/mol. The number of pyridine rings is 1. The van der Waals surface area contributed by atoms with Crippen LogP contribution < -0.4 is 4.90 Å². The Morgan fingerprint density at radius 3 is 2.67 bits per heavy atom. The summed E-state index contributed by atoms with van der Waals surface area (Å²) in [5.41, 5.74) is 4.18. The first-order valence-electron chi connectivity index (χ1n) is 10.1. The molecule has 0 N–H and O–H groups in total. The number of nitro benzene ring substituents is 1. The van der Waals surface area contributed by atoms with E-state index in [2.05, 4.69) is 20.9 Å². The summed E-state index contributed by atoms with van der Waals surface area (Å²) in [6.45, 7) is 6.36. The van der Waals surface area contributed by atoms with E-state index < -0.39 is 0 Å². The van der Waals surface area contributed by atoms with Crippen molar-refractivity contribution in [2.75, 3.05) is 31.1 Å². The number of fused-ring (bicyclic) bond motifs is 1. The monoisotopic (exact) mass is 401 g/mol. The number of non-ortho nitro benzene ring substituents is 1. The van der Waals surface area contributed by atoms with Crippen molar-refractivity contribution in [2.24, 2.45) is 0 Å². The molecular formula is C23H23N5O2. The molecule has 2 aromatic carbocycles. The van der Waals surface area contributed by atoms with Crippen molar-refractivity contribution in [2.45, 2.75) is 19.9 Å². The molecule has 0 unspecified atom stereocenters. The van der Waals surface area contributed by atoms with E-state index in [1.165, 1.54) is 11.6 Å². The maximum absolute atomic E-state index is 11.5. The molecule has 0 amide bonds. The van der Waals surface area contributed by atoms with E-state index in [1.807, 2.05) is 43.3 Å². The lowest BCUT2D eigenvalue weighted by Crippen LogP contribution is -2.30. The molecule has 1 aliphatic heterocycles. The first kappa shape index (κ1) is 19.8. The van der Waals surface area contributed by atoms with Crippen LogP contribution in [0.15, 0.2) is 48.5 Å². The van der Waals surface area contributed by atoms with Gasteiger partial charge in [0.2, 0.25) is 0 Å². The van der Waals surface area contributed by atoms with Gasteiger partial charge >= 0.3 is 0 Å². The molecule has 0 radical (unpaired) electrons. The van der Waals surface area contributed by atoms with Crippen molar-refractivity contribution in [1.82, 2.24) is 9.88 Å². The average molecular weight is 401 g/mol. The van der Waals surface area contributed by atoms with Gasteiger partial charge in [-0.2, -0.15) is 5.26 Å². The van der Waals surface area contributed by atoms with Crippen LogP contribution in [0, 0.1) is 28.4 Å². The quantitative estimate of drug-likeness (QED) is 0.484. The number of nitriles is 1. The van der Waals surface area contributed by atoms with Gasteiger partial charge in [0.1, 0.15) is 0 Å². The van der Waals surface area contributed by atoms with Crippen LogP contribution in [0.2, 0.25) is 0 Å². The Balaban J connectivity index is 1.56. The Kier molecular flexibility index (Phi) is 5.59. The third-order valence-corrected chi connectivity index (χ3v) is 5.54. The number of rotatable bonds is 4. The van der Waals surface area contributed by atoms with Crippen LogP contribution >= 0.6 is 0 Å². The van der Waals surface area contributed by atoms with Crippen LogP contribution in [0.25, 0.3) is 10.9 Å². The predicted molar refractivity (Wildman–Crippen MR) is 116 cm³/mol. The van der Waals surface area contributed by atoms with Gasteiger partial charge in [0.25, 0.3) is 5.69 Å². The van der Waals surface area contributed by atoms with Crippen LogP contribution in [0.4, 0.5) is 11.4 Å². The molecule has 1 saturated heterocycles. The summed E-state index contributed by atoms with van der Waals surface area (Å²) in [7, 11) is 0. The fraction of sp³-hybridized carbons (Fsp3) is 0.304. The van der Waals surface area contributed by atoms with Crippen molar-refractivity contribution >= 4 is 22.3 Å². The zero-order valence-electron chi connectivity index (χ0n) is 16.9. The van der Waals surface area contributed by atoms with Gasteiger partial charge in [0, 0.05) is 55.6 Å². The highest BCUT2D eigenvalue weighted by molar-refractivity contribution is 5.97. The molecule has 0 spiro atoms. The summed E-state index contributed by atoms with van der Waals surface area (Å²) in [5.74, 6) is 0. The Morgan fingerprint density at radius 1 is 1.13 bits per heavy atom. The molecule has 30 heavy (non-hydrogen) atoms. The smallest absolute Gasteiger partial charge is 0.295 e. The molecule has 3 aromatic rings. The van der Waals surface area contributed by atoms with Gasteiger partial charge in [-0.15, -0.1) is 0 Å². The molecule has 0 aliphatic carbocycles. The van der Waals surface area contributed by atoms with Crippen LogP contribution in [0.5, 0.6) is 0 Å². The molecule has 7 heteroatoms. The number of nitrogens with zero attached hydrogens (tertiary/aromatic N) is 5. The molecule has 0 saturated carbocycles. The highest BCUT2D eigenvalue weighted by atomic mass is 16.6. The number of anilines is 1. The van der Waals surface area contributed by atoms with E-state index in [-0.39, 0.29) is 10.6 Å². The second-order valence-electron chi connectivity index (χ2n) is 7.64. The highest BCUT2D eigenvalue weighted by Gasteiger charge is 2.21. The normalized spacial score (nSPS) is 15.0. The molecule has 7 nitrogen and oxygen atoms in total. The number of benzene rings is 2. The lowest BCUT2D eigenvalue weighted by Gasteiger charge is -2.25. The minimum atomic E-state index is -0.361. The largest absolute Gasteiger partial charge is 0.370 e. The lowest BCUT2D eigenvalue weighted by molar-refractivity contribution is -0.383. The topological polar surface area (TPSA) is 86.3 Å². The van der Waals surface area contributed by atoms with Crippen LogP contribution in [0.3, 0.4) is 0 Å². The molecule has 0 bridgehead atoms. The summed E-state index contributed by atoms with van der Waals surface area (Å²) in [4.78, 5) is 20.3. The molecule has 152 valence electrons.